The molecule has 0 unspecified atom stereocenters. The number of likely N-dealkylation sites (N-methyl/N-ethyl adjacent to an activating group) is 1. The van der Waals surface area contributed by atoms with E-state index in [4.69, 9.17) is 11.6 Å². The van der Waals surface area contributed by atoms with Gasteiger partial charge in [-0.2, -0.15) is 0 Å². The van der Waals surface area contributed by atoms with Gasteiger partial charge in [0.2, 0.25) is 0 Å². The van der Waals surface area contributed by atoms with E-state index in [1.807, 2.05) is 12.1 Å². The molecule has 0 aliphatic rings. The number of carbonyl (C=O) groups is 1. The molecule has 0 aliphatic carbocycles. The van der Waals surface area contributed by atoms with Crippen molar-refractivity contribution < 1.29 is 4.79 Å². The Hall–Kier alpha value is -0.900. The summed E-state index contributed by atoms with van der Waals surface area (Å²) in [4.78, 5) is 16.7. The second kappa shape index (κ2) is 9.11. The van der Waals surface area contributed by atoms with E-state index in [0.717, 1.165) is 32.6 Å². The molecule has 0 amide bonds. The van der Waals surface area contributed by atoms with Crippen LogP contribution in [-0.4, -0.2) is 55.9 Å². The molecule has 0 aromatic heterocycles. The summed E-state index contributed by atoms with van der Waals surface area (Å²) in [7, 11) is 4.14. The summed E-state index contributed by atoms with van der Waals surface area (Å²) in [6.45, 7) is 6.04. The molecule has 0 heterocycles. The van der Waals surface area contributed by atoms with Crippen molar-refractivity contribution in [1.29, 1.82) is 0 Å². The number of Topliss-reactive ketones (excluding diaryl/α,β-unsaturated/α-hetero) is 1. The van der Waals surface area contributed by atoms with Crippen molar-refractivity contribution in [1.82, 2.24) is 9.80 Å². The summed E-state index contributed by atoms with van der Waals surface area (Å²) in [6, 6.07) is 7.19. The fourth-order valence-electron chi connectivity index (χ4n) is 2.06. The summed E-state index contributed by atoms with van der Waals surface area (Å²) in [5, 5.41) is 0.619. The first kappa shape index (κ1) is 17.2. The first-order valence-electron chi connectivity index (χ1n) is 7.18. The van der Waals surface area contributed by atoms with Gasteiger partial charge < -0.3 is 9.80 Å². The molecule has 0 bridgehead atoms. The molecule has 1 aromatic carbocycles. The Kier molecular flexibility index (Phi) is 7.82. The van der Waals surface area contributed by atoms with Crippen LogP contribution < -0.4 is 0 Å². The smallest absolute Gasteiger partial charge is 0.164 e. The van der Waals surface area contributed by atoms with Crippen molar-refractivity contribution in [3.63, 3.8) is 0 Å². The number of benzene rings is 1. The highest BCUT2D eigenvalue weighted by Gasteiger charge is 2.10. The number of nitrogens with zero attached hydrogens (tertiary/aromatic N) is 2. The van der Waals surface area contributed by atoms with E-state index in [1.165, 1.54) is 0 Å². The molecule has 0 radical (unpaired) electrons. The fourth-order valence-corrected chi connectivity index (χ4v) is 2.25. The Morgan fingerprint density at radius 2 is 1.90 bits per heavy atom. The third kappa shape index (κ3) is 6.51. The number of hydrogen-bond donors (Lipinski definition) is 0. The van der Waals surface area contributed by atoms with E-state index in [2.05, 4.69) is 30.8 Å². The summed E-state index contributed by atoms with van der Waals surface area (Å²) >= 11 is 5.92. The average molecular weight is 297 g/mol. The largest absolute Gasteiger partial charge is 0.308 e. The minimum atomic E-state index is 0.165. The summed E-state index contributed by atoms with van der Waals surface area (Å²) in [5.41, 5.74) is 0.710. The molecular formula is C16H25ClN2O. The Bertz CT molecular complexity index is 421. The van der Waals surface area contributed by atoms with Gasteiger partial charge in [0.1, 0.15) is 0 Å². The molecule has 1 rings (SSSR count). The van der Waals surface area contributed by atoms with E-state index >= 15 is 0 Å². The molecule has 0 fully saturated rings. The molecule has 0 N–H and O–H groups in total. The molecule has 20 heavy (non-hydrogen) atoms. The number of carbonyl (C=O) groups excluding carboxylic acids is 1. The minimum Gasteiger partial charge on any atom is -0.308 e. The Morgan fingerprint density at radius 3 is 2.50 bits per heavy atom. The van der Waals surface area contributed by atoms with Crippen molar-refractivity contribution >= 4 is 17.4 Å². The quantitative estimate of drug-likeness (QED) is 0.654. The first-order chi connectivity index (χ1) is 9.52. The molecule has 0 aliphatic heterocycles. The Morgan fingerprint density at radius 1 is 1.15 bits per heavy atom. The predicted octanol–water partition coefficient (Wildman–Crippen LogP) is 3.19. The van der Waals surface area contributed by atoms with E-state index in [-0.39, 0.29) is 5.78 Å². The zero-order valence-electron chi connectivity index (χ0n) is 12.7. The monoisotopic (exact) mass is 296 g/mol. The van der Waals surface area contributed by atoms with Gasteiger partial charge in [-0.05, 0) is 39.2 Å². The highest BCUT2D eigenvalue weighted by Crippen LogP contribution is 2.12. The van der Waals surface area contributed by atoms with Crippen LogP contribution in [0.3, 0.4) is 0 Å². The number of hydrogen-bond acceptors (Lipinski definition) is 3. The normalized spacial score (nSPS) is 11.3. The molecule has 3 nitrogen and oxygen atoms in total. The lowest BCUT2D eigenvalue weighted by molar-refractivity contribution is 0.0962. The third-order valence-corrected chi connectivity index (χ3v) is 3.44. The summed E-state index contributed by atoms with van der Waals surface area (Å²) in [6.07, 6.45) is 1.66. The second-order valence-corrected chi connectivity index (χ2v) is 5.76. The van der Waals surface area contributed by atoms with E-state index in [1.54, 1.807) is 12.1 Å². The van der Waals surface area contributed by atoms with Gasteiger partial charge in [-0.1, -0.05) is 30.7 Å². The lowest BCUT2D eigenvalue weighted by Gasteiger charge is -2.23. The van der Waals surface area contributed by atoms with Crippen LogP contribution in [0.2, 0.25) is 5.02 Å². The molecule has 0 saturated carbocycles. The maximum atomic E-state index is 12.1. The maximum absolute atomic E-state index is 12.1. The standard InChI is InChI=1S/C16H25ClN2O/c1-4-9-19(12-11-18(2)3)10-8-16(20)14-6-5-7-15(17)13-14/h5-7,13H,4,8-12H2,1-3H3. The van der Waals surface area contributed by atoms with Crippen molar-refractivity contribution in [2.45, 2.75) is 19.8 Å². The van der Waals surface area contributed by atoms with Crippen LogP contribution in [0.15, 0.2) is 24.3 Å². The second-order valence-electron chi connectivity index (χ2n) is 5.33. The van der Waals surface area contributed by atoms with Gasteiger partial charge in [0.15, 0.2) is 5.78 Å². The number of halogens is 1. The van der Waals surface area contributed by atoms with Gasteiger partial charge in [0, 0.05) is 36.6 Å². The summed E-state index contributed by atoms with van der Waals surface area (Å²) < 4.78 is 0. The zero-order chi connectivity index (χ0) is 15.0. The van der Waals surface area contributed by atoms with Gasteiger partial charge in [-0.3, -0.25) is 4.79 Å². The molecular weight excluding hydrogens is 272 g/mol. The Labute approximate surface area is 127 Å². The van der Waals surface area contributed by atoms with Crippen LogP contribution in [0.5, 0.6) is 0 Å². The van der Waals surface area contributed by atoms with Crippen LogP contribution in [-0.2, 0) is 0 Å². The summed E-state index contributed by atoms with van der Waals surface area (Å²) in [5.74, 6) is 0.165. The molecule has 4 heteroatoms. The van der Waals surface area contributed by atoms with Gasteiger partial charge in [-0.25, -0.2) is 0 Å². The van der Waals surface area contributed by atoms with Crippen molar-refractivity contribution in [2.24, 2.45) is 0 Å². The molecule has 0 saturated heterocycles. The van der Waals surface area contributed by atoms with Gasteiger partial charge >= 0.3 is 0 Å². The van der Waals surface area contributed by atoms with Gasteiger partial charge in [0.05, 0.1) is 0 Å². The van der Waals surface area contributed by atoms with E-state index < -0.39 is 0 Å². The lowest BCUT2D eigenvalue weighted by Crippen LogP contribution is -2.34. The highest BCUT2D eigenvalue weighted by atomic mass is 35.5. The first-order valence-corrected chi connectivity index (χ1v) is 7.56. The van der Waals surface area contributed by atoms with Crippen LogP contribution in [0.4, 0.5) is 0 Å². The molecule has 0 atom stereocenters. The predicted molar refractivity (Wildman–Crippen MR) is 85.7 cm³/mol. The minimum absolute atomic E-state index is 0.165. The lowest BCUT2D eigenvalue weighted by atomic mass is 10.1. The van der Waals surface area contributed by atoms with Gasteiger partial charge in [-0.15, -0.1) is 0 Å². The van der Waals surface area contributed by atoms with Crippen molar-refractivity contribution in [3.05, 3.63) is 34.9 Å². The topological polar surface area (TPSA) is 23.6 Å². The number of rotatable bonds is 9. The van der Waals surface area contributed by atoms with Gasteiger partial charge in [0.25, 0.3) is 0 Å². The maximum Gasteiger partial charge on any atom is 0.164 e. The van der Waals surface area contributed by atoms with Crippen molar-refractivity contribution in [3.8, 4) is 0 Å². The van der Waals surface area contributed by atoms with Crippen LogP contribution in [0.25, 0.3) is 0 Å². The SMILES string of the molecule is CCCN(CCC(=O)c1cccc(Cl)c1)CCN(C)C. The van der Waals surface area contributed by atoms with E-state index in [0.29, 0.717) is 17.0 Å². The van der Waals surface area contributed by atoms with E-state index in [9.17, 15) is 4.79 Å². The fraction of sp³-hybridized carbons (Fsp3) is 0.562. The van der Waals surface area contributed by atoms with Crippen LogP contribution in [0.1, 0.15) is 30.1 Å². The average Bonchev–Trinajstić information content (AvgIpc) is 2.41. The Balaban J connectivity index is 2.47. The third-order valence-electron chi connectivity index (χ3n) is 3.20. The molecule has 0 spiro atoms. The molecule has 112 valence electrons. The number of ketones is 1. The van der Waals surface area contributed by atoms with Crippen LogP contribution >= 0.6 is 11.6 Å². The van der Waals surface area contributed by atoms with Crippen molar-refractivity contribution in [2.75, 3.05) is 40.3 Å². The zero-order valence-corrected chi connectivity index (χ0v) is 13.5. The van der Waals surface area contributed by atoms with Crippen LogP contribution in [0, 0.1) is 0 Å². The highest BCUT2D eigenvalue weighted by molar-refractivity contribution is 6.31. The molecule has 1 aromatic rings.